The third-order valence-corrected chi connectivity index (χ3v) is 3.10. The van der Waals surface area contributed by atoms with Crippen molar-refractivity contribution < 1.29 is 15.0 Å². The minimum atomic E-state index is 0.236. The van der Waals surface area contributed by atoms with E-state index in [1.807, 2.05) is 0 Å². The summed E-state index contributed by atoms with van der Waals surface area (Å²) < 4.78 is 1.58. The van der Waals surface area contributed by atoms with E-state index in [4.69, 9.17) is 0 Å². The smallest absolute Gasteiger partial charge is 0.197 e. The Morgan fingerprint density at radius 3 is 2.31 bits per heavy atom. The van der Waals surface area contributed by atoms with Gasteiger partial charge in [-0.1, -0.05) is 12.8 Å². The fourth-order valence-electron chi connectivity index (χ4n) is 2.05. The fraction of sp³-hybridized carbons (Fsp3) is 0.583. The predicted octanol–water partition coefficient (Wildman–Crippen LogP) is 1.95. The molecule has 2 rings (SSSR count). The molecule has 1 aliphatic rings. The number of unbranched alkanes of at least 4 members (excludes halogenated alkanes) is 4. The van der Waals surface area contributed by atoms with E-state index in [1.54, 1.807) is 4.57 Å². The maximum Gasteiger partial charge on any atom is 0.197 e. The minimum absolute atomic E-state index is 0.236. The van der Waals surface area contributed by atoms with Crippen molar-refractivity contribution in [1.29, 1.82) is 0 Å². The number of hydrogen-bond donors (Lipinski definition) is 2. The zero-order valence-corrected chi connectivity index (χ0v) is 9.28. The van der Waals surface area contributed by atoms with Crippen LogP contribution < -0.4 is 0 Å². The summed E-state index contributed by atoms with van der Waals surface area (Å²) in [5.74, 6) is 0.473. The Labute approximate surface area is 94.5 Å². The quantitative estimate of drug-likeness (QED) is 0.557. The van der Waals surface area contributed by atoms with Crippen molar-refractivity contribution in [1.82, 2.24) is 4.57 Å². The molecule has 0 radical (unpaired) electrons. The number of aromatic nitrogens is 1. The van der Waals surface area contributed by atoms with Gasteiger partial charge < -0.3 is 15.0 Å². The predicted molar refractivity (Wildman–Crippen MR) is 59.7 cm³/mol. The molecule has 0 aliphatic heterocycles. The van der Waals surface area contributed by atoms with E-state index in [9.17, 15) is 15.0 Å². The molecule has 0 aromatic carbocycles. The highest BCUT2D eigenvalue weighted by Gasteiger charge is 2.32. The average molecular weight is 223 g/mol. The molecule has 0 saturated carbocycles. The number of aromatic hydroxyl groups is 2. The van der Waals surface area contributed by atoms with Crippen molar-refractivity contribution >= 4 is 6.29 Å². The number of aldehydes is 1. The van der Waals surface area contributed by atoms with Crippen LogP contribution in [-0.4, -0.2) is 21.1 Å². The largest absolute Gasteiger partial charge is 0.494 e. The monoisotopic (exact) mass is 223 g/mol. The topological polar surface area (TPSA) is 62.5 Å². The van der Waals surface area contributed by atoms with E-state index in [1.165, 1.54) is 0 Å². The van der Waals surface area contributed by atoms with Gasteiger partial charge in [0.1, 0.15) is 6.29 Å². The van der Waals surface area contributed by atoms with Crippen LogP contribution in [0.5, 0.6) is 11.8 Å². The Balaban J connectivity index is 1.72. The number of carbonyl (C=O) groups excluding carboxylic acids is 1. The Morgan fingerprint density at radius 2 is 1.69 bits per heavy atom. The number of fused-ring (bicyclic) bond motifs is 1. The van der Waals surface area contributed by atoms with Gasteiger partial charge >= 0.3 is 0 Å². The van der Waals surface area contributed by atoms with Gasteiger partial charge in [-0.25, -0.2) is 0 Å². The maximum atomic E-state index is 10.1. The summed E-state index contributed by atoms with van der Waals surface area (Å²) in [4.78, 5) is 10.1. The highest BCUT2D eigenvalue weighted by atomic mass is 16.3. The van der Waals surface area contributed by atoms with E-state index in [-0.39, 0.29) is 11.8 Å². The number of rotatable bonds is 7. The molecule has 1 aromatic rings. The van der Waals surface area contributed by atoms with Crippen LogP contribution in [-0.2, 0) is 17.8 Å². The fourth-order valence-corrected chi connectivity index (χ4v) is 2.05. The van der Waals surface area contributed by atoms with Crippen LogP contribution in [0.4, 0.5) is 0 Å². The summed E-state index contributed by atoms with van der Waals surface area (Å²) in [7, 11) is 0. The Hall–Kier alpha value is -1.45. The van der Waals surface area contributed by atoms with Gasteiger partial charge in [-0.3, -0.25) is 4.57 Å². The molecule has 1 aromatic heterocycles. The number of nitrogens with zero attached hydrogens (tertiary/aromatic N) is 1. The molecular weight excluding hydrogens is 206 g/mol. The zero-order chi connectivity index (χ0) is 11.5. The summed E-state index contributed by atoms with van der Waals surface area (Å²) in [6, 6.07) is 0. The molecule has 2 N–H and O–H groups in total. The average Bonchev–Trinajstić information content (AvgIpc) is 3.02. The molecule has 0 fully saturated rings. The van der Waals surface area contributed by atoms with E-state index in [0.717, 1.165) is 49.5 Å². The summed E-state index contributed by atoms with van der Waals surface area (Å²) in [6.45, 7) is 0.658. The van der Waals surface area contributed by atoms with Gasteiger partial charge in [-0.2, -0.15) is 0 Å². The number of hydrogen-bond acceptors (Lipinski definition) is 3. The number of carbonyl (C=O) groups is 1. The molecule has 16 heavy (non-hydrogen) atoms. The van der Waals surface area contributed by atoms with Crippen LogP contribution in [0.2, 0.25) is 0 Å². The van der Waals surface area contributed by atoms with E-state index in [2.05, 4.69) is 0 Å². The van der Waals surface area contributed by atoms with Crippen molar-refractivity contribution in [3.63, 3.8) is 0 Å². The van der Waals surface area contributed by atoms with E-state index in [0.29, 0.717) is 13.0 Å². The van der Waals surface area contributed by atoms with Crippen LogP contribution in [0.1, 0.15) is 43.2 Å². The Bertz CT molecular complexity index is 370. The Morgan fingerprint density at radius 1 is 1.06 bits per heavy atom. The third-order valence-electron chi connectivity index (χ3n) is 3.10. The molecule has 0 saturated heterocycles. The van der Waals surface area contributed by atoms with Gasteiger partial charge in [-0.05, 0) is 12.8 Å². The first-order valence-electron chi connectivity index (χ1n) is 5.81. The lowest BCUT2D eigenvalue weighted by atomic mass is 10.1. The van der Waals surface area contributed by atoms with Gasteiger partial charge in [0.05, 0.1) is 0 Å². The van der Waals surface area contributed by atoms with Crippen LogP contribution >= 0.6 is 0 Å². The van der Waals surface area contributed by atoms with Crippen LogP contribution in [0.15, 0.2) is 0 Å². The van der Waals surface area contributed by atoms with Gasteiger partial charge in [0.25, 0.3) is 0 Å². The van der Waals surface area contributed by atoms with Crippen molar-refractivity contribution in [2.45, 2.75) is 45.1 Å². The SMILES string of the molecule is O=CCCCCCCn1c(O)c2c(c1O)C2. The van der Waals surface area contributed by atoms with Crippen LogP contribution in [0.25, 0.3) is 0 Å². The normalized spacial score (nSPS) is 12.5. The summed E-state index contributed by atoms with van der Waals surface area (Å²) >= 11 is 0. The molecular formula is C12H17NO3. The van der Waals surface area contributed by atoms with Crippen molar-refractivity contribution in [2.24, 2.45) is 0 Å². The minimum Gasteiger partial charge on any atom is -0.494 e. The molecule has 0 amide bonds. The highest BCUT2D eigenvalue weighted by Crippen LogP contribution is 2.46. The third kappa shape index (κ3) is 2.05. The lowest BCUT2D eigenvalue weighted by Gasteiger charge is -2.07. The van der Waals surface area contributed by atoms with Gasteiger partial charge in [0.15, 0.2) is 11.8 Å². The van der Waals surface area contributed by atoms with Crippen LogP contribution in [0.3, 0.4) is 0 Å². The van der Waals surface area contributed by atoms with Gasteiger partial charge in [0.2, 0.25) is 0 Å². The van der Waals surface area contributed by atoms with Crippen molar-refractivity contribution in [3.8, 4) is 11.8 Å². The second-order valence-corrected chi connectivity index (χ2v) is 4.30. The first-order valence-corrected chi connectivity index (χ1v) is 5.81. The molecule has 0 unspecified atom stereocenters. The molecule has 1 aliphatic carbocycles. The molecule has 0 spiro atoms. The second kappa shape index (κ2) is 4.60. The molecule has 88 valence electrons. The van der Waals surface area contributed by atoms with Crippen LogP contribution in [0, 0.1) is 0 Å². The van der Waals surface area contributed by atoms with Crippen molar-refractivity contribution in [3.05, 3.63) is 11.1 Å². The molecule has 4 nitrogen and oxygen atoms in total. The van der Waals surface area contributed by atoms with E-state index >= 15 is 0 Å². The summed E-state index contributed by atoms with van der Waals surface area (Å²) in [5, 5.41) is 19.3. The lowest BCUT2D eigenvalue weighted by Crippen LogP contribution is -1.98. The first-order chi connectivity index (χ1) is 7.75. The van der Waals surface area contributed by atoms with E-state index < -0.39 is 0 Å². The van der Waals surface area contributed by atoms with Crippen molar-refractivity contribution in [2.75, 3.05) is 0 Å². The molecule has 0 atom stereocenters. The lowest BCUT2D eigenvalue weighted by molar-refractivity contribution is -0.107. The standard InChI is InChI=1S/C12H17NO3/c14-7-5-3-1-2-4-6-13-11(15)9-8-10(9)12(13)16/h7,15-16H,1-6,8H2. The molecule has 4 heteroatoms. The molecule has 1 heterocycles. The second-order valence-electron chi connectivity index (χ2n) is 4.30. The maximum absolute atomic E-state index is 10.1. The summed E-state index contributed by atoms with van der Waals surface area (Å²) in [5.41, 5.74) is 1.80. The summed E-state index contributed by atoms with van der Waals surface area (Å²) in [6.07, 6.45) is 6.23. The highest BCUT2D eigenvalue weighted by molar-refractivity contribution is 5.59. The Kier molecular flexibility index (Phi) is 3.17. The first kappa shape index (κ1) is 11.0. The molecule has 0 bridgehead atoms. The zero-order valence-electron chi connectivity index (χ0n) is 9.28. The van der Waals surface area contributed by atoms with Gasteiger partial charge in [-0.15, -0.1) is 0 Å². The van der Waals surface area contributed by atoms with Gasteiger partial charge in [0, 0.05) is 30.5 Å².